The van der Waals surface area contributed by atoms with Crippen LogP contribution in [0.25, 0.3) is 11.0 Å². The van der Waals surface area contributed by atoms with Crippen LogP contribution < -0.4 is 10.6 Å². The van der Waals surface area contributed by atoms with Crippen molar-refractivity contribution in [1.29, 1.82) is 0 Å². The molecule has 0 spiro atoms. The number of fused-ring (bicyclic) bond motifs is 1. The number of imidazole rings is 1. The van der Waals surface area contributed by atoms with Gasteiger partial charge in [0.1, 0.15) is 5.82 Å². The van der Waals surface area contributed by atoms with Crippen molar-refractivity contribution < 1.29 is 9.53 Å². The molecule has 152 valence electrons. The Hall–Kier alpha value is -2.77. The Morgan fingerprint density at radius 1 is 1.32 bits per heavy atom. The van der Waals surface area contributed by atoms with Crippen LogP contribution in [0.1, 0.15) is 32.5 Å². The van der Waals surface area contributed by atoms with Gasteiger partial charge in [-0.25, -0.2) is 9.78 Å². The fourth-order valence-corrected chi connectivity index (χ4v) is 3.33. The van der Waals surface area contributed by atoms with Crippen LogP contribution in [0.15, 0.2) is 29.3 Å². The maximum atomic E-state index is 11.8. The summed E-state index contributed by atoms with van der Waals surface area (Å²) in [7, 11) is 0. The smallest absolute Gasteiger partial charge is 0.409 e. The quantitative estimate of drug-likeness (QED) is 0.523. The number of guanidine groups is 1. The Bertz CT molecular complexity index is 762. The second-order valence-electron chi connectivity index (χ2n) is 6.82. The predicted octanol–water partition coefficient (Wildman–Crippen LogP) is 2.28. The molecular formula is C20H30N6O2. The maximum Gasteiger partial charge on any atom is 0.409 e. The molecule has 2 heterocycles. The summed E-state index contributed by atoms with van der Waals surface area (Å²) in [5, 5.41) is 6.79. The molecule has 2 aromatic rings. The normalized spacial score (nSPS) is 15.6. The van der Waals surface area contributed by atoms with Crippen LogP contribution >= 0.6 is 0 Å². The molecule has 3 N–H and O–H groups in total. The molecule has 0 radical (unpaired) electrons. The van der Waals surface area contributed by atoms with Gasteiger partial charge in [-0.15, -0.1) is 0 Å². The number of aliphatic imine (C=N–C) groups is 1. The topological polar surface area (TPSA) is 94.6 Å². The van der Waals surface area contributed by atoms with Gasteiger partial charge in [0.05, 0.1) is 17.6 Å². The number of hydrogen-bond donors (Lipinski definition) is 3. The number of ether oxygens (including phenoxy) is 1. The number of hydrogen-bond acceptors (Lipinski definition) is 4. The average Bonchev–Trinajstić information content (AvgIpc) is 3.11. The first kappa shape index (κ1) is 20.0. The fraction of sp³-hybridized carbons (Fsp3) is 0.550. The van der Waals surface area contributed by atoms with Crippen molar-refractivity contribution in [2.75, 3.05) is 32.8 Å². The molecule has 3 rings (SSSR count). The first-order chi connectivity index (χ1) is 13.7. The lowest BCUT2D eigenvalue weighted by atomic mass is 10.1. The number of carbonyl (C=O) groups is 1. The van der Waals surface area contributed by atoms with Crippen LogP contribution in [-0.2, 0) is 11.2 Å². The zero-order valence-corrected chi connectivity index (χ0v) is 16.7. The molecule has 1 saturated heterocycles. The second kappa shape index (κ2) is 9.96. The van der Waals surface area contributed by atoms with E-state index in [1.807, 2.05) is 31.2 Å². The van der Waals surface area contributed by atoms with E-state index in [4.69, 9.17) is 4.74 Å². The number of likely N-dealkylation sites (tertiary alicyclic amines) is 1. The maximum absolute atomic E-state index is 11.8. The fourth-order valence-electron chi connectivity index (χ4n) is 3.33. The van der Waals surface area contributed by atoms with E-state index in [-0.39, 0.29) is 6.09 Å². The van der Waals surface area contributed by atoms with Crippen molar-refractivity contribution in [3.8, 4) is 0 Å². The van der Waals surface area contributed by atoms with E-state index >= 15 is 0 Å². The average molecular weight is 387 g/mol. The van der Waals surface area contributed by atoms with Gasteiger partial charge in [-0.1, -0.05) is 12.1 Å². The molecule has 1 aromatic heterocycles. The highest BCUT2D eigenvalue weighted by Crippen LogP contribution is 2.12. The monoisotopic (exact) mass is 386 g/mol. The minimum Gasteiger partial charge on any atom is -0.450 e. The Morgan fingerprint density at radius 3 is 2.82 bits per heavy atom. The Morgan fingerprint density at radius 2 is 2.11 bits per heavy atom. The number of carbonyl (C=O) groups excluding carboxylic acids is 1. The molecule has 28 heavy (non-hydrogen) atoms. The Balaban J connectivity index is 1.49. The Labute approximate surface area is 165 Å². The van der Waals surface area contributed by atoms with Crippen LogP contribution in [0.2, 0.25) is 0 Å². The zero-order chi connectivity index (χ0) is 19.8. The standard InChI is InChI=1S/C20H30N6O2/c1-3-21-19(23-15-10-13-26(14-11-15)20(27)28-4-2)22-12-9-18-24-16-7-5-6-8-17(16)25-18/h5-8,15H,3-4,9-14H2,1-2H3,(H,24,25)(H2,21,22,23). The van der Waals surface area contributed by atoms with Crippen molar-refractivity contribution in [2.45, 2.75) is 39.2 Å². The molecule has 0 bridgehead atoms. The molecule has 8 nitrogen and oxygen atoms in total. The van der Waals surface area contributed by atoms with Gasteiger partial charge in [-0.2, -0.15) is 0 Å². The molecule has 0 unspecified atom stereocenters. The van der Waals surface area contributed by atoms with E-state index in [0.717, 1.165) is 48.6 Å². The van der Waals surface area contributed by atoms with Gasteiger partial charge in [-0.3, -0.25) is 4.99 Å². The van der Waals surface area contributed by atoms with E-state index in [1.54, 1.807) is 4.90 Å². The molecule has 0 aliphatic carbocycles. The number of benzene rings is 1. The molecule has 1 fully saturated rings. The molecule has 1 aromatic carbocycles. The summed E-state index contributed by atoms with van der Waals surface area (Å²) in [6, 6.07) is 8.33. The molecule has 1 aliphatic rings. The van der Waals surface area contributed by atoms with Crippen molar-refractivity contribution in [3.63, 3.8) is 0 Å². The third kappa shape index (κ3) is 5.37. The lowest BCUT2D eigenvalue weighted by Crippen LogP contribution is -2.50. The first-order valence-electron chi connectivity index (χ1n) is 10.1. The number of nitrogens with one attached hydrogen (secondary N) is 3. The van der Waals surface area contributed by atoms with Crippen molar-refractivity contribution in [3.05, 3.63) is 30.1 Å². The first-order valence-corrected chi connectivity index (χ1v) is 10.1. The van der Waals surface area contributed by atoms with Gasteiger partial charge < -0.3 is 25.3 Å². The van der Waals surface area contributed by atoms with Gasteiger partial charge in [0.15, 0.2) is 5.96 Å². The summed E-state index contributed by atoms with van der Waals surface area (Å²) in [5.74, 6) is 1.76. The van der Waals surface area contributed by atoms with Crippen LogP contribution in [-0.4, -0.2) is 65.7 Å². The third-order valence-corrected chi connectivity index (χ3v) is 4.76. The molecule has 1 aliphatic heterocycles. The zero-order valence-electron chi connectivity index (χ0n) is 16.7. The van der Waals surface area contributed by atoms with Crippen LogP contribution in [0.5, 0.6) is 0 Å². The Kier molecular flexibility index (Phi) is 7.11. The molecular weight excluding hydrogens is 356 g/mol. The number of H-pyrrole nitrogens is 1. The molecule has 8 heteroatoms. The number of amides is 1. The third-order valence-electron chi connectivity index (χ3n) is 4.76. The summed E-state index contributed by atoms with van der Waals surface area (Å²) in [5.41, 5.74) is 2.04. The number of rotatable bonds is 6. The minimum atomic E-state index is -0.215. The number of nitrogens with zero attached hydrogens (tertiary/aromatic N) is 3. The molecule has 1 amide bonds. The number of piperidine rings is 1. The van der Waals surface area contributed by atoms with E-state index in [0.29, 0.717) is 32.3 Å². The van der Waals surface area contributed by atoms with E-state index in [2.05, 4.69) is 32.5 Å². The van der Waals surface area contributed by atoms with Gasteiger partial charge >= 0.3 is 6.09 Å². The second-order valence-corrected chi connectivity index (χ2v) is 6.82. The highest BCUT2D eigenvalue weighted by atomic mass is 16.6. The van der Waals surface area contributed by atoms with E-state index < -0.39 is 0 Å². The minimum absolute atomic E-state index is 0.215. The lowest BCUT2D eigenvalue weighted by Gasteiger charge is -2.32. The largest absolute Gasteiger partial charge is 0.450 e. The summed E-state index contributed by atoms with van der Waals surface area (Å²) < 4.78 is 5.07. The van der Waals surface area contributed by atoms with Gasteiger partial charge in [0, 0.05) is 38.6 Å². The van der Waals surface area contributed by atoms with Crippen molar-refractivity contribution in [2.24, 2.45) is 4.99 Å². The SMILES string of the molecule is CCNC(=NCCc1nc2ccccc2[nH]1)NC1CCN(C(=O)OCC)CC1. The molecule has 0 saturated carbocycles. The molecule has 0 atom stereocenters. The summed E-state index contributed by atoms with van der Waals surface area (Å²) in [6.45, 7) is 7.16. The van der Waals surface area contributed by atoms with Crippen LogP contribution in [0.4, 0.5) is 4.79 Å². The highest BCUT2D eigenvalue weighted by Gasteiger charge is 2.24. The van der Waals surface area contributed by atoms with Gasteiger partial charge in [-0.05, 0) is 38.8 Å². The number of aromatic amines is 1. The van der Waals surface area contributed by atoms with Crippen LogP contribution in [0, 0.1) is 0 Å². The predicted molar refractivity (Wildman–Crippen MR) is 111 cm³/mol. The van der Waals surface area contributed by atoms with Gasteiger partial charge in [0.25, 0.3) is 0 Å². The van der Waals surface area contributed by atoms with E-state index in [1.165, 1.54) is 0 Å². The van der Waals surface area contributed by atoms with Crippen LogP contribution in [0.3, 0.4) is 0 Å². The van der Waals surface area contributed by atoms with E-state index in [9.17, 15) is 4.79 Å². The summed E-state index contributed by atoms with van der Waals surface area (Å²) in [6.07, 6.45) is 2.30. The summed E-state index contributed by atoms with van der Waals surface area (Å²) >= 11 is 0. The lowest BCUT2D eigenvalue weighted by molar-refractivity contribution is 0.0963. The number of para-hydroxylation sites is 2. The van der Waals surface area contributed by atoms with Crippen molar-refractivity contribution in [1.82, 2.24) is 25.5 Å². The van der Waals surface area contributed by atoms with Crippen molar-refractivity contribution >= 4 is 23.1 Å². The highest BCUT2D eigenvalue weighted by molar-refractivity contribution is 5.80. The summed E-state index contributed by atoms with van der Waals surface area (Å²) in [4.78, 5) is 26.2. The van der Waals surface area contributed by atoms with Gasteiger partial charge in [0.2, 0.25) is 0 Å². The number of aromatic nitrogens is 2.